The van der Waals surface area contributed by atoms with Crippen molar-refractivity contribution in [2.45, 2.75) is 24.2 Å². The molecule has 4 atom stereocenters. The van der Waals surface area contributed by atoms with Crippen LogP contribution in [0.4, 0.5) is 0 Å². The molecule has 0 saturated carbocycles. The lowest BCUT2D eigenvalue weighted by Crippen LogP contribution is -2.39. The van der Waals surface area contributed by atoms with Crippen LogP contribution in [0.2, 0.25) is 0 Å². The van der Waals surface area contributed by atoms with Gasteiger partial charge in [0.1, 0.15) is 0 Å². The zero-order chi connectivity index (χ0) is 30.4. The number of rotatable bonds is 4. The van der Waals surface area contributed by atoms with Gasteiger partial charge in [0.25, 0.3) is 0 Å². The van der Waals surface area contributed by atoms with E-state index in [9.17, 15) is 0 Å². The van der Waals surface area contributed by atoms with E-state index in [1.165, 1.54) is 22.3 Å². The van der Waals surface area contributed by atoms with E-state index in [-0.39, 0.29) is 24.2 Å². The zero-order valence-corrected chi connectivity index (χ0v) is 26.7. The molecule has 0 radical (unpaired) electrons. The summed E-state index contributed by atoms with van der Waals surface area (Å²) in [6.45, 7) is 3.64. The summed E-state index contributed by atoms with van der Waals surface area (Å²) in [4.78, 5) is 9.62. The monoisotopic (exact) mass is 615 g/mol. The van der Waals surface area contributed by atoms with Gasteiger partial charge in [0.05, 0.1) is 24.2 Å². The van der Waals surface area contributed by atoms with E-state index in [0.29, 0.717) is 0 Å². The third-order valence-electron chi connectivity index (χ3n) is 9.56. The first-order chi connectivity index (χ1) is 22.1. The number of guanidine groups is 2. The molecule has 8 nitrogen and oxygen atoms in total. The highest BCUT2D eigenvalue weighted by molar-refractivity contribution is 7.69. The van der Waals surface area contributed by atoms with Crippen LogP contribution in [0.3, 0.4) is 0 Å². The van der Waals surface area contributed by atoms with Crippen LogP contribution in [0.1, 0.15) is 46.4 Å². The van der Waals surface area contributed by atoms with Gasteiger partial charge in [0.2, 0.25) is 11.9 Å². The minimum atomic E-state index is -2.84. The number of fused-ring (bicyclic) bond motifs is 2. The van der Waals surface area contributed by atoms with Crippen molar-refractivity contribution in [3.63, 3.8) is 0 Å². The van der Waals surface area contributed by atoms with Crippen LogP contribution >= 0.6 is 7.87 Å². The first-order valence-corrected chi connectivity index (χ1v) is 17.6. The summed E-state index contributed by atoms with van der Waals surface area (Å²) in [6.07, 6.45) is 0. The van der Waals surface area contributed by atoms with E-state index in [1.807, 2.05) is 0 Å². The first kappa shape index (κ1) is 28.3. The Morgan fingerprint density at radius 3 is 1.18 bits per heavy atom. The van der Waals surface area contributed by atoms with Gasteiger partial charge in [0.15, 0.2) is 0 Å². The molecule has 4 heterocycles. The van der Waals surface area contributed by atoms with Crippen LogP contribution < -0.4 is 10.2 Å². The molecular formula is C36H40N8P+. The van der Waals surface area contributed by atoms with Gasteiger partial charge in [0, 0.05) is 40.3 Å². The second kappa shape index (κ2) is 11.6. The van der Waals surface area contributed by atoms with E-state index < -0.39 is 7.87 Å². The largest absolute Gasteiger partial charge is 0.404 e. The molecule has 2 fully saturated rings. The van der Waals surface area contributed by atoms with Gasteiger partial charge < -0.3 is 19.6 Å². The maximum absolute atomic E-state index is 5.74. The Kier molecular flexibility index (Phi) is 7.29. The Labute approximate surface area is 266 Å². The zero-order valence-electron chi connectivity index (χ0n) is 25.8. The fraction of sp³-hybridized carbons (Fsp3) is 0.278. The lowest BCUT2D eigenvalue weighted by atomic mass is 9.93. The van der Waals surface area contributed by atoms with Crippen molar-refractivity contribution in [1.29, 1.82) is 0 Å². The van der Waals surface area contributed by atoms with E-state index in [2.05, 4.69) is 165 Å². The summed E-state index contributed by atoms with van der Waals surface area (Å²) in [7, 11) is 1.50. The molecule has 45 heavy (non-hydrogen) atoms. The van der Waals surface area contributed by atoms with Crippen LogP contribution in [0.15, 0.2) is 131 Å². The lowest BCUT2D eigenvalue weighted by molar-refractivity contribution is 0.286. The summed E-state index contributed by atoms with van der Waals surface area (Å²) >= 11 is 0. The minimum absolute atomic E-state index is 0.0411. The standard InChI is InChI=1S/C36H40N8P/c1-41-23-25-43-33(29-19-11-5-12-20-29)31(27-15-7-3-8-16-27)37-45(39-35(41)43)38-32(28-17-9-4-10-18-28)34(30-21-13-6-14-22-30)44-26-24-42(2)36(44)40-45/h3-22,31-34,37-38H,23-26H2,1-2H3/q+1/t31-,32-,33-,34-,45?/m0/s1. The molecule has 0 aliphatic carbocycles. The summed E-state index contributed by atoms with van der Waals surface area (Å²) in [5.41, 5.74) is 5.00. The molecule has 9 heteroatoms. The highest BCUT2D eigenvalue weighted by Gasteiger charge is 2.58. The highest BCUT2D eigenvalue weighted by Crippen LogP contribution is 2.64. The first-order valence-electron chi connectivity index (χ1n) is 15.9. The molecule has 2 saturated heterocycles. The number of nitrogens with one attached hydrogen (secondary N) is 2. The SMILES string of the molecule is CN1CCN2C1=N[P+]1(N=C3N(C)CCN3[C@@H](c3ccccc3)[C@H](c3ccccc3)N1)N[C@@H](c1ccccc1)[C@@H]2c1ccccc1. The fourth-order valence-electron chi connectivity index (χ4n) is 7.35. The Morgan fingerprint density at radius 2 is 0.822 bits per heavy atom. The Morgan fingerprint density at radius 1 is 0.489 bits per heavy atom. The summed E-state index contributed by atoms with van der Waals surface area (Å²) in [5.74, 6) is 1.99. The molecule has 0 amide bonds. The Hall–Kier alpha value is -4.23. The molecule has 4 aliphatic heterocycles. The second-order valence-corrected chi connectivity index (χ2v) is 14.5. The molecule has 8 rings (SSSR count). The number of hydrogen-bond acceptors (Lipinski definition) is 8. The summed E-state index contributed by atoms with van der Waals surface area (Å²) in [6, 6.07) is 43.5. The Balaban J connectivity index is 1.36. The number of nitrogens with zero attached hydrogens (tertiary/aromatic N) is 6. The van der Waals surface area contributed by atoms with Crippen LogP contribution in [0.25, 0.3) is 0 Å². The van der Waals surface area contributed by atoms with Gasteiger partial charge in [-0.15, -0.1) is 10.2 Å². The molecule has 1 spiro atoms. The molecule has 4 aliphatic rings. The van der Waals surface area contributed by atoms with Crippen molar-refractivity contribution in [1.82, 2.24) is 29.8 Å². The van der Waals surface area contributed by atoms with Crippen LogP contribution in [-0.4, -0.2) is 71.8 Å². The van der Waals surface area contributed by atoms with Crippen molar-refractivity contribution in [2.24, 2.45) is 9.53 Å². The molecule has 0 unspecified atom stereocenters. The predicted octanol–water partition coefficient (Wildman–Crippen LogP) is 6.04. The van der Waals surface area contributed by atoms with Gasteiger partial charge in [-0.25, -0.2) is 0 Å². The van der Waals surface area contributed by atoms with Crippen LogP contribution in [-0.2, 0) is 0 Å². The molecular weight excluding hydrogens is 575 g/mol. The smallest absolute Gasteiger partial charge is 0.341 e. The van der Waals surface area contributed by atoms with Gasteiger partial charge in [-0.2, -0.15) is 0 Å². The van der Waals surface area contributed by atoms with E-state index >= 15 is 0 Å². The summed E-state index contributed by atoms with van der Waals surface area (Å²) < 4.78 is 11.5. The molecule has 2 N–H and O–H groups in total. The molecule has 0 aromatic heterocycles. The van der Waals surface area contributed by atoms with Gasteiger partial charge in [-0.3, -0.25) is 0 Å². The van der Waals surface area contributed by atoms with Crippen LogP contribution in [0, 0.1) is 0 Å². The number of hydrogen-bond donors (Lipinski definition) is 2. The van der Waals surface area contributed by atoms with E-state index in [4.69, 9.17) is 9.53 Å². The predicted molar refractivity (Wildman–Crippen MR) is 183 cm³/mol. The quantitative estimate of drug-likeness (QED) is 0.273. The lowest BCUT2D eigenvalue weighted by Gasteiger charge is -2.34. The van der Waals surface area contributed by atoms with Crippen molar-refractivity contribution >= 4 is 19.8 Å². The normalized spacial score (nSPS) is 25.7. The fourth-order valence-corrected chi connectivity index (χ4v) is 10.1. The minimum Gasteiger partial charge on any atom is -0.341 e. The van der Waals surface area contributed by atoms with Crippen molar-refractivity contribution in [2.75, 3.05) is 40.3 Å². The second-order valence-electron chi connectivity index (χ2n) is 12.4. The van der Waals surface area contributed by atoms with Gasteiger partial charge >= 0.3 is 7.87 Å². The Bertz CT molecular complexity index is 1560. The molecule has 4 aromatic carbocycles. The summed E-state index contributed by atoms with van der Waals surface area (Å²) in [5, 5.41) is 8.39. The molecule has 4 aromatic rings. The maximum atomic E-state index is 5.74. The van der Waals surface area contributed by atoms with E-state index in [1.54, 1.807) is 0 Å². The van der Waals surface area contributed by atoms with Gasteiger partial charge in [-0.05, 0) is 31.8 Å². The van der Waals surface area contributed by atoms with Crippen LogP contribution in [0.5, 0.6) is 0 Å². The number of benzene rings is 4. The topological polar surface area (TPSA) is 61.7 Å². The molecule has 228 valence electrons. The van der Waals surface area contributed by atoms with Crippen molar-refractivity contribution < 1.29 is 0 Å². The van der Waals surface area contributed by atoms with Crippen molar-refractivity contribution in [3.05, 3.63) is 144 Å². The average Bonchev–Trinajstić information content (AvgIpc) is 3.52. The average molecular weight is 616 g/mol. The maximum Gasteiger partial charge on any atom is 0.404 e. The third-order valence-corrected chi connectivity index (χ3v) is 11.8. The van der Waals surface area contributed by atoms with E-state index in [0.717, 1.165) is 38.1 Å². The highest BCUT2D eigenvalue weighted by atomic mass is 31.2. The number of likely N-dealkylation sites (N-methyl/N-ethyl adjacent to an activating group) is 2. The van der Waals surface area contributed by atoms with Gasteiger partial charge in [-0.1, -0.05) is 121 Å². The molecule has 0 bridgehead atoms. The van der Waals surface area contributed by atoms with Crippen molar-refractivity contribution in [3.8, 4) is 0 Å². The third kappa shape index (κ3) is 5.07.